The summed E-state index contributed by atoms with van der Waals surface area (Å²) in [5, 5.41) is 13.5. The second kappa shape index (κ2) is 5.73. The Labute approximate surface area is 122 Å². The van der Waals surface area contributed by atoms with Crippen LogP contribution in [-0.2, 0) is 19.3 Å². The van der Waals surface area contributed by atoms with Gasteiger partial charge in [0.25, 0.3) is 0 Å². The molecule has 0 saturated heterocycles. The van der Waals surface area contributed by atoms with E-state index in [0.29, 0.717) is 6.42 Å². The van der Waals surface area contributed by atoms with Gasteiger partial charge in [-0.3, -0.25) is 0 Å². The minimum atomic E-state index is -0.387. The average Bonchev–Trinajstić information content (AvgIpc) is 2.91. The molecule has 0 aromatic carbocycles. The van der Waals surface area contributed by atoms with Crippen LogP contribution in [0.2, 0.25) is 0 Å². The van der Waals surface area contributed by atoms with Crippen molar-refractivity contribution >= 4 is 22.7 Å². The number of thiazole rings is 1. The van der Waals surface area contributed by atoms with Gasteiger partial charge in [-0.05, 0) is 44.2 Å². The van der Waals surface area contributed by atoms with Crippen LogP contribution in [0.4, 0.5) is 0 Å². The van der Waals surface area contributed by atoms with Gasteiger partial charge in [0.2, 0.25) is 0 Å². The van der Waals surface area contributed by atoms with E-state index < -0.39 is 0 Å². The maximum absolute atomic E-state index is 10.4. The van der Waals surface area contributed by atoms with Gasteiger partial charge in [0, 0.05) is 27.2 Å². The Morgan fingerprint density at radius 2 is 2.16 bits per heavy atom. The summed E-state index contributed by atoms with van der Waals surface area (Å²) in [6, 6.07) is 2.23. The van der Waals surface area contributed by atoms with Crippen LogP contribution in [0.5, 0.6) is 0 Å². The van der Waals surface area contributed by atoms with Crippen molar-refractivity contribution in [3.05, 3.63) is 37.5 Å². The van der Waals surface area contributed by atoms with Gasteiger partial charge in [0.15, 0.2) is 0 Å². The van der Waals surface area contributed by atoms with Crippen LogP contribution in [-0.4, -0.2) is 10.1 Å². The fraction of sp³-hybridized carbons (Fsp3) is 0.533. The third kappa shape index (κ3) is 3.07. The Kier molecular flexibility index (Phi) is 4.01. The van der Waals surface area contributed by atoms with Gasteiger partial charge in [-0.25, -0.2) is 4.98 Å². The largest absolute Gasteiger partial charge is 0.387 e. The Bertz CT molecular complexity index is 535. The Morgan fingerprint density at radius 3 is 2.95 bits per heavy atom. The van der Waals surface area contributed by atoms with E-state index in [1.165, 1.54) is 42.5 Å². The van der Waals surface area contributed by atoms with Gasteiger partial charge in [-0.2, -0.15) is 0 Å². The zero-order chi connectivity index (χ0) is 13.2. The standard InChI is InChI=1S/C15H19NOS2/c1-10-9-18-15(16-10)8-12(17)14-7-11-5-3-2-4-6-13(11)19-14/h7,9,12,17H,2-6,8H2,1H3. The van der Waals surface area contributed by atoms with Crippen molar-refractivity contribution in [3.63, 3.8) is 0 Å². The number of aliphatic hydroxyl groups is 1. The molecule has 2 nitrogen and oxygen atoms in total. The lowest BCUT2D eigenvalue weighted by molar-refractivity contribution is 0.182. The van der Waals surface area contributed by atoms with Crippen LogP contribution in [0.1, 0.15) is 51.4 Å². The predicted molar refractivity (Wildman–Crippen MR) is 81.1 cm³/mol. The third-order valence-electron chi connectivity index (χ3n) is 3.63. The Hall–Kier alpha value is -0.710. The topological polar surface area (TPSA) is 33.1 Å². The molecule has 0 saturated carbocycles. The first-order chi connectivity index (χ1) is 9.22. The van der Waals surface area contributed by atoms with Crippen LogP contribution in [0.3, 0.4) is 0 Å². The van der Waals surface area contributed by atoms with E-state index in [2.05, 4.69) is 11.1 Å². The van der Waals surface area contributed by atoms with Gasteiger partial charge < -0.3 is 5.11 Å². The normalized spacial score (nSPS) is 16.9. The number of thiophene rings is 1. The second-order valence-corrected chi connectivity index (χ2v) is 7.37. The summed E-state index contributed by atoms with van der Waals surface area (Å²) in [5.74, 6) is 0. The zero-order valence-electron chi connectivity index (χ0n) is 11.2. The third-order valence-corrected chi connectivity index (χ3v) is 5.96. The van der Waals surface area contributed by atoms with E-state index in [-0.39, 0.29) is 6.10 Å². The van der Waals surface area contributed by atoms with Crippen molar-refractivity contribution < 1.29 is 5.11 Å². The molecule has 2 aromatic rings. The molecule has 1 atom stereocenters. The molecule has 1 aliphatic carbocycles. The highest BCUT2D eigenvalue weighted by Crippen LogP contribution is 2.33. The highest BCUT2D eigenvalue weighted by Gasteiger charge is 2.18. The second-order valence-electron chi connectivity index (χ2n) is 5.26. The summed E-state index contributed by atoms with van der Waals surface area (Å²) >= 11 is 3.45. The van der Waals surface area contributed by atoms with Crippen molar-refractivity contribution in [3.8, 4) is 0 Å². The lowest BCUT2D eigenvalue weighted by Gasteiger charge is -2.05. The van der Waals surface area contributed by atoms with Crippen molar-refractivity contribution in [1.29, 1.82) is 0 Å². The lowest BCUT2D eigenvalue weighted by atomic mass is 10.1. The van der Waals surface area contributed by atoms with Crippen molar-refractivity contribution in [2.75, 3.05) is 0 Å². The van der Waals surface area contributed by atoms with Crippen LogP contribution < -0.4 is 0 Å². The summed E-state index contributed by atoms with van der Waals surface area (Å²) < 4.78 is 0. The van der Waals surface area contributed by atoms with Gasteiger partial charge in [-0.1, -0.05) is 6.42 Å². The van der Waals surface area contributed by atoms with Crippen molar-refractivity contribution in [2.45, 2.75) is 51.6 Å². The van der Waals surface area contributed by atoms with Gasteiger partial charge >= 0.3 is 0 Å². The fourth-order valence-corrected chi connectivity index (χ4v) is 4.67. The monoisotopic (exact) mass is 293 g/mol. The minimum Gasteiger partial charge on any atom is -0.387 e. The number of aliphatic hydroxyl groups excluding tert-OH is 1. The molecule has 4 heteroatoms. The first-order valence-electron chi connectivity index (χ1n) is 6.93. The SMILES string of the molecule is Cc1csc(CC(O)c2cc3c(s2)CCCCC3)n1. The predicted octanol–water partition coefficient (Wildman–Crippen LogP) is 4.06. The van der Waals surface area contributed by atoms with Crippen molar-refractivity contribution in [2.24, 2.45) is 0 Å². The molecule has 2 aromatic heterocycles. The molecular weight excluding hydrogens is 274 g/mol. The quantitative estimate of drug-likeness (QED) is 0.866. The van der Waals surface area contributed by atoms with Crippen LogP contribution in [0.25, 0.3) is 0 Å². The van der Waals surface area contributed by atoms with Gasteiger partial charge in [0.05, 0.1) is 11.1 Å². The molecule has 0 bridgehead atoms. The molecule has 19 heavy (non-hydrogen) atoms. The molecule has 0 radical (unpaired) electrons. The molecule has 102 valence electrons. The minimum absolute atomic E-state index is 0.387. The van der Waals surface area contributed by atoms with E-state index in [4.69, 9.17) is 0 Å². The van der Waals surface area contributed by atoms with E-state index in [9.17, 15) is 5.11 Å². The smallest absolute Gasteiger partial charge is 0.0957 e. The Morgan fingerprint density at radius 1 is 1.32 bits per heavy atom. The summed E-state index contributed by atoms with van der Waals surface area (Å²) in [6.45, 7) is 2.00. The Balaban J connectivity index is 1.74. The molecule has 0 spiro atoms. The summed E-state index contributed by atoms with van der Waals surface area (Å²) in [6.07, 6.45) is 6.59. The molecule has 0 amide bonds. The number of hydrogen-bond donors (Lipinski definition) is 1. The average molecular weight is 293 g/mol. The molecule has 1 unspecified atom stereocenters. The molecule has 1 aliphatic rings. The van der Waals surface area contributed by atoms with Crippen LogP contribution in [0.15, 0.2) is 11.4 Å². The highest BCUT2D eigenvalue weighted by molar-refractivity contribution is 7.12. The fourth-order valence-electron chi connectivity index (χ4n) is 2.62. The molecule has 0 fully saturated rings. The summed E-state index contributed by atoms with van der Waals surface area (Å²) in [5.41, 5.74) is 2.53. The lowest BCUT2D eigenvalue weighted by Crippen LogP contribution is -1.99. The van der Waals surface area contributed by atoms with Crippen LogP contribution >= 0.6 is 22.7 Å². The van der Waals surface area contributed by atoms with Crippen molar-refractivity contribution in [1.82, 2.24) is 4.98 Å². The maximum Gasteiger partial charge on any atom is 0.0957 e. The molecule has 0 aliphatic heterocycles. The number of fused-ring (bicyclic) bond motifs is 1. The number of rotatable bonds is 3. The number of hydrogen-bond acceptors (Lipinski definition) is 4. The van der Waals surface area contributed by atoms with E-state index in [1.54, 1.807) is 11.3 Å². The van der Waals surface area contributed by atoms with Gasteiger partial charge in [0.1, 0.15) is 0 Å². The zero-order valence-corrected chi connectivity index (χ0v) is 12.8. The molecule has 3 rings (SSSR count). The number of nitrogens with zero attached hydrogens (tertiary/aromatic N) is 1. The summed E-state index contributed by atoms with van der Waals surface area (Å²) in [7, 11) is 0. The molecule has 2 heterocycles. The highest BCUT2D eigenvalue weighted by atomic mass is 32.1. The van der Waals surface area contributed by atoms with E-state index in [1.807, 2.05) is 23.6 Å². The molecule has 1 N–H and O–H groups in total. The first kappa shape index (κ1) is 13.3. The molecular formula is C15H19NOS2. The number of aryl methyl sites for hydroxylation is 3. The number of aromatic nitrogens is 1. The van der Waals surface area contributed by atoms with Gasteiger partial charge in [-0.15, -0.1) is 22.7 Å². The summed E-state index contributed by atoms with van der Waals surface area (Å²) in [4.78, 5) is 7.06. The van der Waals surface area contributed by atoms with E-state index in [0.717, 1.165) is 15.6 Å². The first-order valence-corrected chi connectivity index (χ1v) is 8.62. The maximum atomic E-state index is 10.4. The van der Waals surface area contributed by atoms with Crippen LogP contribution in [0, 0.1) is 6.92 Å². The van der Waals surface area contributed by atoms with E-state index >= 15 is 0 Å².